The number of hydrogen-bond donors (Lipinski definition) is 0. The lowest BCUT2D eigenvalue weighted by Gasteiger charge is -2.08. The maximum absolute atomic E-state index is 11.6. The molecule has 0 saturated heterocycles. The van der Waals surface area contributed by atoms with E-state index in [9.17, 15) is 4.79 Å². The van der Waals surface area contributed by atoms with Crippen LogP contribution in [0.15, 0.2) is 87.2 Å². The third-order valence-electron chi connectivity index (χ3n) is 5.89. The fraction of sp³-hybridized carbons (Fsp3) is 0.148. The average molecular weight is 421 g/mol. The Labute approximate surface area is 187 Å². The van der Waals surface area contributed by atoms with Gasteiger partial charge in [0, 0.05) is 10.9 Å². The molecule has 32 heavy (non-hydrogen) atoms. The van der Waals surface area contributed by atoms with E-state index in [1.54, 1.807) is 6.07 Å². The summed E-state index contributed by atoms with van der Waals surface area (Å²) < 4.78 is 0. The number of carbonyl (C=O) groups is 1. The van der Waals surface area contributed by atoms with Gasteiger partial charge in [0.05, 0.1) is 17.1 Å². The molecule has 5 nitrogen and oxygen atoms in total. The number of carbonyl (C=O) groups excluding carboxylic acids is 1. The SMILES string of the molecule is Cc1cccc(N=Nc2ccc(N=Nc3c(C=O)ccc4ccccc34)c(C)c2C)c1C. The molecular formula is C27H24N4O. The molecule has 0 bridgehead atoms. The minimum atomic E-state index is 0.515. The van der Waals surface area contributed by atoms with Gasteiger partial charge in [-0.25, -0.2) is 0 Å². The first-order valence-corrected chi connectivity index (χ1v) is 10.5. The van der Waals surface area contributed by atoms with Crippen molar-refractivity contribution >= 4 is 39.8 Å². The summed E-state index contributed by atoms with van der Waals surface area (Å²) in [5, 5.41) is 19.8. The Kier molecular flexibility index (Phi) is 5.99. The molecule has 158 valence electrons. The Morgan fingerprint density at radius 1 is 0.594 bits per heavy atom. The Bertz CT molecular complexity index is 1390. The summed E-state index contributed by atoms with van der Waals surface area (Å²) in [6, 6.07) is 21.3. The van der Waals surface area contributed by atoms with Crippen LogP contribution in [0.25, 0.3) is 10.8 Å². The molecule has 4 aromatic rings. The molecule has 0 radical (unpaired) electrons. The molecule has 0 fully saturated rings. The number of nitrogens with zero attached hydrogens (tertiary/aromatic N) is 4. The number of azo groups is 2. The number of aryl methyl sites for hydroxylation is 1. The minimum Gasteiger partial charge on any atom is -0.298 e. The highest BCUT2D eigenvalue weighted by molar-refractivity contribution is 6.00. The standard InChI is InChI=1S/C27H24N4O/c1-17-8-7-11-24(18(17)2)28-29-25-14-15-26(20(4)19(25)3)30-31-27-22(16-32)13-12-21-9-5-6-10-23(21)27/h5-16H,1-4H3. The number of hydrogen-bond acceptors (Lipinski definition) is 5. The Balaban J connectivity index is 1.69. The van der Waals surface area contributed by atoms with E-state index in [4.69, 9.17) is 0 Å². The van der Waals surface area contributed by atoms with Gasteiger partial charge in [0.25, 0.3) is 0 Å². The van der Waals surface area contributed by atoms with E-state index in [-0.39, 0.29) is 0 Å². The first kappa shape index (κ1) is 21.2. The third-order valence-corrected chi connectivity index (χ3v) is 5.89. The molecule has 0 N–H and O–H groups in total. The van der Waals surface area contributed by atoms with Crippen LogP contribution in [0.1, 0.15) is 32.6 Å². The number of aldehydes is 1. The highest BCUT2D eigenvalue weighted by atomic mass is 16.1. The van der Waals surface area contributed by atoms with Gasteiger partial charge in [-0.3, -0.25) is 4.79 Å². The van der Waals surface area contributed by atoms with Gasteiger partial charge >= 0.3 is 0 Å². The lowest BCUT2D eigenvalue weighted by atomic mass is 10.0. The maximum atomic E-state index is 11.6. The van der Waals surface area contributed by atoms with Crippen LogP contribution >= 0.6 is 0 Å². The Morgan fingerprint density at radius 2 is 1.22 bits per heavy atom. The molecule has 5 heteroatoms. The molecular weight excluding hydrogens is 396 g/mol. The van der Waals surface area contributed by atoms with Crippen LogP contribution in [-0.4, -0.2) is 6.29 Å². The van der Waals surface area contributed by atoms with Crippen LogP contribution in [0, 0.1) is 27.7 Å². The second-order valence-corrected chi connectivity index (χ2v) is 7.82. The zero-order chi connectivity index (χ0) is 22.7. The van der Waals surface area contributed by atoms with Crippen LogP contribution in [0.2, 0.25) is 0 Å². The van der Waals surface area contributed by atoms with Gasteiger partial charge in [-0.1, -0.05) is 42.5 Å². The van der Waals surface area contributed by atoms with E-state index < -0.39 is 0 Å². The molecule has 0 aromatic heterocycles. The number of benzene rings is 4. The number of rotatable bonds is 5. The maximum Gasteiger partial charge on any atom is 0.152 e. The van der Waals surface area contributed by atoms with Gasteiger partial charge in [-0.2, -0.15) is 15.3 Å². The molecule has 0 unspecified atom stereocenters. The second kappa shape index (κ2) is 9.02. The smallest absolute Gasteiger partial charge is 0.152 e. The van der Waals surface area contributed by atoms with Gasteiger partial charge in [-0.05, 0) is 79.6 Å². The third kappa shape index (κ3) is 4.10. The molecule has 4 aromatic carbocycles. The topological polar surface area (TPSA) is 66.5 Å². The van der Waals surface area contributed by atoms with Gasteiger partial charge in [0.1, 0.15) is 5.69 Å². The summed E-state index contributed by atoms with van der Waals surface area (Å²) in [7, 11) is 0. The predicted octanol–water partition coefficient (Wildman–Crippen LogP) is 8.72. The number of fused-ring (bicyclic) bond motifs is 1. The van der Waals surface area contributed by atoms with Gasteiger partial charge in [-0.15, -0.1) is 5.11 Å². The van der Waals surface area contributed by atoms with E-state index >= 15 is 0 Å². The van der Waals surface area contributed by atoms with E-state index in [0.717, 1.165) is 50.8 Å². The van der Waals surface area contributed by atoms with Crippen molar-refractivity contribution in [3.63, 3.8) is 0 Å². The van der Waals surface area contributed by atoms with E-state index in [1.165, 1.54) is 5.56 Å². The summed E-state index contributed by atoms with van der Waals surface area (Å²) in [4.78, 5) is 11.6. The first-order valence-electron chi connectivity index (χ1n) is 10.5. The zero-order valence-corrected chi connectivity index (χ0v) is 18.6. The summed E-state index contributed by atoms with van der Waals surface area (Å²) in [5.74, 6) is 0. The fourth-order valence-electron chi connectivity index (χ4n) is 3.54. The molecule has 0 atom stereocenters. The molecule has 0 saturated carbocycles. The predicted molar refractivity (Wildman–Crippen MR) is 130 cm³/mol. The lowest BCUT2D eigenvalue weighted by molar-refractivity contribution is 0.112. The monoisotopic (exact) mass is 420 g/mol. The molecule has 0 aliphatic rings. The van der Waals surface area contributed by atoms with E-state index in [1.807, 2.05) is 75.4 Å². The van der Waals surface area contributed by atoms with Crippen molar-refractivity contribution in [2.45, 2.75) is 27.7 Å². The Hall–Kier alpha value is -3.99. The second-order valence-electron chi connectivity index (χ2n) is 7.82. The van der Waals surface area contributed by atoms with Crippen molar-refractivity contribution in [3.05, 3.63) is 94.5 Å². The summed E-state index contributed by atoms with van der Waals surface area (Å²) in [6.07, 6.45) is 0.815. The van der Waals surface area contributed by atoms with Crippen molar-refractivity contribution in [1.29, 1.82) is 0 Å². The van der Waals surface area contributed by atoms with Crippen LogP contribution < -0.4 is 0 Å². The van der Waals surface area contributed by atoms with Crippen molar-refractivity contribution < 1.29 is 4.79 Å². The molecule has 0 heterocycles. The largest absolute Gasteiger partial charge is 0.298 e. The normalized spacial score (nSPS) is 11.6. The van der Waals surface area contributed by atoms with Crippen LogP contribution in [0.3, 0.4) is 0 Å². The van der Waals surface area contributed by atoms with Gasteiger partial charge < -0.3 is 0 Å². The van der Waals surface area contributed by atoms with Crippen LogP contribution in [0.5, 0.6) is 0 Å². The van der Waals surface area contributed by atoms with Crippen molar-refractivity contribution in [2.75, 3.05) is 0 Å². The van der Waals surface area contributed by atoms with E-state index in [2.05, 4.69) is 33.4 Å². The van der Waals surface area contributed by atoms with Crippen molar-refractivity contribution in [1.82, 2.24) is 0 Å². The van der Waals surface area contributed by atoms with Crippen LogP contribution in [0.4, 0.5) is 22.7 Å². The molecule has 0 aliphatic carbocycles. The molecule has 0 amide bonds. The van der Waals surface area contributed by atoms with E-state index in [0.29, 0.717) is 11.3 Å². The lowest BCUT2D eigenvalue weighted by Crippen LogP contribution is -1.85. The zero-order valence-electron chi connectivity index (χ0n) is 18.6. The summed E-state index contributed by atoms with van der Waals surface area (Å²) in [6.45, 7) is 8.10. The summed E-state index contributed by atoms with van der Waals surface area (Å²) >= 11 is 0. The fourth-order valence-corrected chi connectivity index (χ4v) is 3.54. The van der Waals surface area contributed by atoms with Crippen LogP contribution in [-0.2, 0) is 0 Å². The summed E-state index contributed by atoms with van der Waals surface area (Å²) in [5.41, 5.74) is 7.75. The minimum absolute atomic E-state index is 0.515. The van der Waals surface area contributed by atoms with Crippen molar-refractivity contribution in [2.24, 2.45) is 20.5 Å². The average Bonchev–Trinajstić information content (AvgIpc) is 2.81. The quantitative estimate of drug-likeness (QED) is 0.235. The van der Waals surface area contributed by atoms with Gasteiger partial charge in [0.15, 0.2) is 6.29 Å². The molecule has 0 spiro atoms. The van der Waals surface area contributed by atoms with Gasteiger partial charge in [0.2, 0.25) is 0 Å². The van der Waals surface area contributed by atoms with Crippen molar-refractivity contribution in [3.8, 4) is 0 Å². The first-order chi connectivity index (χ1) is 15.5. The molecule has 0 aliphatic heterocycles. The molecule has 4 rings (SSSR count). The Morgan fingerprint density at radius 3 is 1.91 bits per heavy atom. The highest BCUT2D eigenvalue weighted by Crippen LogP contribution is 2.35. The highest BCUT2D eigenvalue weighted by Gasteiger charge is 2.09.